The van der Waals surface area contributed by atoms with Crippen LogP contribution in [0, 0.1) is 0 Å². The van der Waals surface area contributed by atoms with Crippen molar-refractivity contribution in [3.8, 4) is 0 Å². The van der Waals surface area contributed by atoms with Crippen molar-refractivity contribution in [3.63, 3.8) is 0 Å². The Morgan fingerprint density at radius 2 is 2.20 bits per heavy atom. The first-order chi connectivity index (χ1) is 4.79. The van der Waals surface area contributed by atoms with Crippen LogP contribution in [0.3, 0.4) is 0 Å². The first-order valence-electron chi connectivity index (χ1n) is 4.17. The van der Waals surface area contributed by atoms with Gasteiger partial charge in [-0.2, -0.15) is 0 Å². The van der Waals surface area contributed by atoms with E-state index in [2.05, 4.69) is 25.7 Å². The van der Waals surface area contributed by atoms with Gasteiger partial charge >= 0.3 is 0 Å². The monoisotopic (exact) mass is 143 g/mol. The van der Waals surface area contributed by atoms with Gasteiger partial charge < -0.3 is 4.74 Å². The average molecular weight is 143 g/mol. The molecule has 0 N–H and O–H groups in total. The summed E-state index contributed by atoms with van der Waals surface area (Å²) in [5, 5.41) is 0. The van der Waals surface area contributed by atoms with E-state index in [0.29, 0.717) is 12.3 Å². The second-order valence-corrected chi connectivity index (χ2v) is 2.88. The molecule has 2 nitrogen and oxygen atoms in total. The lowest BCUT2D eigenvalue weighted by atomic mass is 10.3. The molecule has 1 aliphatic rings. The fraction of sp³-hybridized carbons (Fsp3) is 1.00. The fourth-order valence-corrected chi connectivity index (χ4v) is 1.59. The van der Waals surface area contributed by atoms with Gasteiger partial charge in [0, 0.05) is 6.04 Å². The third kappa shape index (κ3) is 1.32. The molecule has 0 bridgehead atoms. The van der Waals surface area contributed by atoms with Gasteiger partial charge in [0.05, 0.1) is 6.61 Å². The van der Waals surface area contributed by atoms with Crippen LogP contribution in [0.4, 0.5) is 0 Å². The van der Waals surface area contributed by atoms with E-state index in [0.717, 1.165) is 19.6 Å². The lowest BCUT2D eigenvalue weighted by Crippen LogP contribution is -2.34. The Morgan fingerprint density at radius 1 is 1.50 bits per heavy atom. The molecule has 1 fully saturated rings. The first-order valence-corrected chi connectivity index (χ1v) is 4.17. The summed E-state index contributed by atoms with van der Waals surface area (Å²) < 4.78 is 5.54. The van der Waals surface area contributed by atoms with Crippen LogP contribution in [-0.2, 0) is 4.74 Å². The van der Waals surface area contributed by atoms with Crippen molar-refractivity contribution in [3.05, 3.63) is 0 Å². The second-order valence-electron chi connectivity index (χ2n) is 2.88. The van der Waals surface area contributed by atoms with E-state index in [4.69, 9.17) is 4.74 Å². The number of hydrogen-bond donors (Lipinski definition) is 0. The topological polar surface area (TPSA) is 12.5 Å². The summed E-state index contributed by atoms with van der Waals surface area (Å²) >= 11 is 0. The summed E-state index contributed by atoms with van der Waals surface area (Å²) in [6.45, 7) is 8.60. The molecule has 2 heteroatoms. The first kappa shape index (κ1) is 8.02. The van der Waals surface area contributed by atoms with Crippen LogP contribution in [0.25, 0.3) is 0 Å². The zero-order valence-corrected chi connectivity index (χ0v) is 7.13. The molecule has 1 aliphatic heterocycles. The van der Waals surface area contributed by atoms with Crippen LogP contribution in [0.2, 0.25) is 0 Å². The molecule has 0 amide bonds. The van der Waals surface area contributed by atoms with Crippen LogP contribution in [0.5, 0.6) is 0 Å². The molecule has 0 radical (unpaired) electrons. The van der Waals surface area contributed by atoms with Gasteiger partial charge in [-0.15, -0.1) is 0 Å². The molecule has 0 aromatic carbocycles. The highest BCUT2D eigenvalue weighted by Gasteiger charge is 2.27. The van der Waals surface area contributed by atoms with E-state index in [1.54, 1.807) is 0 Å². The number of likely N-dealkylation sites (N-methyl/N-ethyl adjacent to an activating group) is 1. The van der Waals surface area contributed by atoms with Gasteiger partial charge in [-0.25, -0.2) is 0 Å². The van der Waals surface area contributed by atoms with E-state index in [1.165, 1.54) is 0 Å². The lowest BCUT2D eigenvalue weighted by Gasteiger charge is -2.22. The molecule has 1 rings (SSSR count). The minimum absolute atomic E-state index is 0.389. The molecule has 60 valence electrons. The SMILES string of the molecule is CCC1OC[C@H](C)N1CC. The van der Waals surface area contributed by atoms with Crippen molar-refractivity contribution in [1.82, 2.24) is 4.90 Å². The highest BCUT2D eigenvalue weighted by molar-refractivity contribution is 4.74. The van der Waals surface area contributed by atoms with Gasteiger partial charge in [0.2, 0.25) is 0 Å². The predicted octanol–water partition coefficient (Wildman–Crippen LogP) is 1.46. The summed E-state index contributed by atoms with van der Waals surface area (Å²) in [6, 6.07) is 0.620. The van der Waals surface area contributed by atoms with Gasteiger partial charge in [-0.3, -0.25) is 4.90 Å². The molecular formula is C8H17NO. The third-order valence-electron chi connectivity index (χ3n) is 2.18. The number of ether oxygens (including phenoxy) is 1. The van der Waals surface area contributed by atoms with E-state index >= 15 is 0 Å². The van der Waals surface area contributed by atoms with E-state index in [1.807, 2.05) is 0 Å². The smallest absolute Gasteiger partial charge is 0.110 e. The fourth-order valence-electron chi connectivity index (χ4n) is 1.59. The quantitative estimate of drug-likeness (QED) is 0.580. The lowest BCUT2D eigenvalue weighted by molar-refractivity contribution is 0.0312. The Bertz CT molecular complexity index is 105. The van der Waals surface area contributed by atoms with E-state index in [-0.39, 0.29) is 0 Å². The van der Waals surface area contributed by atoms with Crippen molar-refractivity contribution in [2.75, 3.05) is 13.2 Å². The van der Waals surface area contributed by atoms with Gasteiger partial charge in [0.25, 0.3) is 0 Å². The molecule has 2 atom stereocenters. The summed E-state index contributed by atoms with van der Waals surface area (Å²) in [6.07, 6.45) is 1.50. The van der Waals surface area contributed by atoms with Crippen molar-refractivity contribution < 1.29 is 4.74 Å². The Kier molecular flexibility index (Phi) is 2.69. The molecule has 0 aliphatic carbocycles. The number of hydrogen-bond acceptors (Lipinski definition) is 2. The van der Waals surface area contributed by atoms with Crippen LogP contribution in [0.1, 0.15) is 27.2 Å². The third-order valence-corrected chi connectivity index (χ3v) is 2.18. The minimum atomic E-state index is 0.389. The van der Waals surface area contributed by atoms with Gasteiger partial charge in [0.1, 0.15) is 6.23 Å². The zero-order valence-electron chi connectivity index (χ0n) is 7.13. The highest BCUT2D eigenvalue weighted by atomic mass is 16.5. The summed E-state index contributed by atoms with van der Waals surface area (Å²) in [7, 11) is 0. The van der Waals surface area contributed by atoms with Crippen molar-refractivity contribution in [2.24, 2.45) is 0 Å². The summed E-state index contributed by atoms with van der Waals surface area (Å²) in [5.74, 6) is 0. The molecule has 1 heterocycles. The highest BCUT2D eigenvalue weighted by Crippen LogP contribution is 2.17. The molecule has 1 unspecified atom stereocenters. The zero-order chi connectivity index (χ0) is 7.56. The molecule has 10 heavy (non-hydrogen) atoms. The van der Waals surface area contributed by atoms with Crippen molar-refractivity contribution >= 4 is 0 Å². The standard InChI is InChI=1S/C8H17NO/c1-4-8-9(5-2)7(3)6-10-8/h7-8H,4-6H2,1-3H3/t7-,8?/m0/s1. The van der Waals surface area contributed by atoms with Crippen LogP contribution < -0.4 is 0 Å². The van der Waals surface area contributed by atoms with Gasteiger partial charge in [0.15, 0.2) is 0 Å². The largest absolute Gasteiger partial charge is 0.362 e. The second kappa shape index (κ2) is 3.35. The maximum Gasteiger partial charge on any atom is 0.110 e. The Labute approximate surface area is 63.2 Å². The normalized spacial score (nSPS) is 35.1. The minimum Gasteiger partial charge on any atom is -0.362 e. The van der Waals surface area contributed by atoms with Crippen LogP contribution in [0.15, 0.2) is 0 Å². The average Bonchev–Trinajstić information content (AvgIpc) is 2.30. The summed E-state index contributed by atoms with van der Waals surface area (Å²) in [4.78, 5) is 2.40. The summed E-state index contributed by atoms with van der Waals surface area (Å²) in [5.41, 5.74) is 0. The maximum atomic E-state index is 5.54. The number of nitrogens with zero attached hydrogens (tertiary/aromatic N) is 1. The molecule has 0 saturated carbocycles. The Balaban J connectivity index is 2.45. The molecular weight excluding hydrogens is 126 g/mol. The van der Waals surface area contributed by atoms with E-state index in [9.17, 15) is 0 Å². The maximum absolute atomic E-state index is 5.54. The molecule has 1 saturated heterocycles. The molecule has 0 aromatic rings. The van der Waals surface area contributed by atoms with Gasteiger partial charge in [-0.05, 0) is 19.9 Å². The molecule has 0 spiro atoms. The molecule has 0 aromatic heterocycles. The predicted molar refractivity (Wildman–Crippen MR) is 41.9 cm³/mol. The Hall–Kier alpha value is -0.0800. The van der Waals surface area contributed by atoms with E-state index < -0.39 is 0 Å². The van der Waals surface area contributed by atoms with Crippen LogP contribution >= 0.6 is 0 Å². The number of rotatable bonds is 2. The van der Waals surface area contributed by atoms with Crippen molar-refractivity contribution in [2.45, 2.75) is 39.5 Å². The van der Waals surface area contributed by atoms with Crippen LogP contribution in [-0.4, -0.2) is 30.3 Å². The Morgan fingerprint density at radius 3 is 2.60 bits per heavy atom. The van der Waals surface area contributed by atoms with Crippen molar-refractivity contribution in [1.29, 1.82) is 0 Å². The van der Waals surface area contributed by atoms with Gasteiger partial charge in [-0.1, -0.05) is 13.8 Å².